The Balaban J connectivity index is 0.00000533. The molecule has 0 aromatic heterocycles. The van der Waals surface area contributed by atoms with Crippen LogP contribution in [0, 0.1) is 5.82 Å². The highest BCUT2D eigenvalue weighted by molar-refractivity contribution is 8.93. The number of amides is 2. The third kappa shape index (κ3) is 13.6. The van der Waals surface area contributed by atoms with Crippen LogP contribution >= 0.6 is 28.7 Å². The van der Waals surface area contributed by atoms with Crippen LogP contribution in [0.15, 0.2) is 54.1 Å². The fraction of sp³-hybridized carbons (Fsp3) is 0.516. The maximum Gasteiger partial charge on any atom is 0.323 e. The SMILES string of the molecule is Br.CCCCCCCCCCCCCCOc1ccc(NC(=O)Nc2cccc(CN3C=CSC3)c2)cc1F. The average Bonchev–Trinajstić information content (AvgIpc) is 3.41. The molecule has 2 aromatic carbocycles. The summed E-state index contributed by atoms with van der Waals surface area (Å²) in [5.74, 6) is 0.684. The van der Waals surface area contributed by atoms with E-state index < -0.39 is 11.8 Å². The minimum Gasteiger partial charge on any atom is -0.491 e. The van der Waals surface area contributed by atoms with Crippen LogP contribution in [0.5, 0.6) is 5.75 Å². The molecule has 1 heterocycles. The summed E-state index contributed by atoms with van der Waals surface area (Å²) in [7, 11) is 0. The van der Waals surface area contributed by atoms with Gasteiger partial charge in [-0.1, -0.05) is 89.7 Å². The lowest BCUT2D eigenvalue weighted by molar-refractivity contribution is 0.262. The number of nitrogens with one attached hydrogen (secondary N) is 2. The minimum atomic E-state index is -0.472. The molecule has 0 fully saturated rings. The molecule has 2 N–H and O–H groups in total. The first kappa shape index (κ1) is 33.0. The summed E-state index contributed by atoms with van der Waals surface area (Å²) in [6.45, 7) is 3.55. The van der Waals surface area contributed by atoms with Crippen LogP contribution < -0.4 is 15.4 Å². The van der Waals surface area contributed by atoms with Gasteiger partial charge in [-0.3, -0.25) is 0 Å². The number of thioether (sulfide) groups is 1. The van der Waals surface area contributed by atoms with E-state index in [1.807, 2.05) is 24.3 Å². The van der Waals surface area contributed by atoms with E-state index in [-0.39, 0.29) is 22.7 Å². The van der Waals surface area contributed by atoms with Crippen molar-refractivity contribution < 1.29 is 13.9 Å². The molecule has 39 heavy (non-hydrogen) atoms. The quantitative estimate of drug-likeness (QED) is 0.163. The standard InChI is InChI=1S/C31H44FN3O2S.BrH/c1-2-3-4-5-6-7-8-9-10-11-12-13-20-37-30-18-17-28(23-29(30)32)34-31(36)33-27-16-14-15-26(22-27)24-35-19-21-38-25-35;/h14-19,21-23H,2-13,20,24-25H2,1H3,(H2,33,34,36);1H. The first-order valence-electron chi connectivity index (χ1n) is 14.3. The summed E-state index contributed by atoms with van der Waals surface area (Å²) in [6, 6.07) is 11.9. The van der Waals surface area contributed by atoms with E-state index in [4.69, 9.17) is 4.74 Å². The van der Waals surface area contributed by atoms with Gasteiger partial charge in [-0.25, -0.2) is 9.18 Å². The van der Waals surface area contributed by atoms with Crippen LogP contribution in [0.2, 0.25) is 0 Å². The van der Waals surface area contributed by atoms with Gasteiger partial charge in [0.25, 0.3) is 0 Å². The first-order valence-corrected chi connectivity index (χ1v) is 15.3. The van der Waals surface area contributed by atoms with E-state index in [0.717, 1.165) is 30.8 Å². The molecule has 0 spiro atoms. The molecule has 216 valence electrons. The molecule has 0 saturated heterocycles. The molecule has 2 amide bonds. The number of benzene rings is 2. The number of urea groups is 1. The molecule has 3 rings (SSSR count). The van der Waals surface area contributed by atoms with E-state index in [0.29, 0.717) is 18.0 Å². The van der Waals surface area contributed by atoms with Crippen molar-refractivity contribution in [2.24, 2.45) is 0 Å². The van der Waals surface area contributed by atoms with Gasteiger partial charge in [0, 0.05) is 30.2 Å². The fourth-order valence-corrected chi connectivity index (χ4v) is 5.22. The Kier molecular flexibility index (Phi) is 16.8. The summed E-state index contributed by atoms with van der Waals surface area (Å²) in [5.41, 5.74) is 2.18. The number of hydrogen-bond acceptors (Lipinski definition) is 4. The average molecular weight is 623 g/mol. The number of ether oxygens (including phenoxy) is 1. The summed E-state index contributed by atoms with van der Waals surface area (Å²) < 4.78 is 20.1. The minimum absolute atomic E-state index is 0. The second-order valence-electron chi connectivity index (χ2n) is 9.99. The van der Waals surface area contributed by atoms with E-state index >= 15 is 0 Å². The number of unbranched alkanes of at least 4 members (excludes halogenated alkanes) is 11. The Morgan fingerprint density at radius 2 is 1.54 bits per heavy atom. The molecule has 0 aliphatic carbocycles. The number of halogens is 2. The van der Waals surface area contributed by atoms with Gasteiger partial charge in [-0.15, -0.1) is 28.7 Å². The summed E-state index contributed by atoms with van der Waals surface area (Å²) in [4.78, 5) is 14.6. The van der Waals surface area contributed by atoms with Crippen LogP contribution in [0.3, 0.4) is 0 Å². The van der Waals surface area contributed by atoms with Crippen LogP contribution in [-0.2, 0) is 6.54 Å². The molecule has 2 aromatic rings. The molecule has 1 aliphatic rings. The van der Waals surface area contributed by atoms with Gasteiger partial charge in [0.1, 0.15) is 0 Å². The smallest absolute Gasteiger partial charge is 0.323 e. The van der Waals surface area contributed by atoms with Gasteiger partial charge in [0.05, 0.1) is 12.5 Å². The lowest BCUT2D eigenvalue weighted by Gasteiger charge is -2.15. The van der Waals surface area contributed by atoms with E-state index in [2.05, 4.69) is 34.1 Å². The summed E-state index contributed by atoms with van der Waals surface area (Å²) >= 11 is 1.76. The van der Waals surface area contributed by atoms with Crippen molar-refractivity contribution >= 4 is 46.1 Å². The molecular formula is C31H45BrFN3O2S. The predicted octanol–water partition coefficient (Wildman–Crippen LogP) is 10.1. The molecule has 0 unspecified atom stereocenters. The second kappa shape index (κ2) is 19.8. The highest BCUT2D eigenvalue weighted by Gasteiger charge is 2.10. The van der Waals surface area contributed by atoms with Crippen LogP contribution in [0.1, 0.15) is 89.5 Å². The van der Waals surface area contributed by atoms with Crippen molar-refractivity contribution in [3.8, 4) is 5.75 Å². The number of anilines is 2. The van der Waals surface area contributed by atoms with Gasteiger partial charge in [0.2, 0.25) is 0 Å². The third-order valence-electron chi connectivity index (χ3n) is 6.62. The molecule has 1 aliphatic heterocycles. The normalized spacial score (nSPS) is 12.3. The topological polar surface area (TPSA) is 53.6 Å². The Labute approximate surface area is 249 Å². The number of hydrogen-bond donors (Lipinski definition) is 2. The zero-order chi connectivity index (χ0) is 26.8. The van der Waals surface area contributed by atoms with Gasteiger partial charge in [-0.05, 0) is 41.7 Å². The van der Waals surface area contributed by atoms with Crippen LogP contribution in [0.25, 0.3) is 0 Å². The van der Waals surface area contributed by atoms with E-state index in [1.165, 1.54) is 70.3 Å². The van der Waals surface area contributed by atoms with Gasteiger partial charge in [0.15, 0.2) is 11.6 Å². The van der Waals surface area contributed by atoms with Gasteiger partial charge >= 0.3 is 6.03 Å². The van der Waals surface area contributed by atoms with Gasteiger partial charge in [-0.2, -0.15) is 0 Å². The molecule has 5 nitrogen and oxygen atoms in total. The van der Waals surface area contributed by atoms with Crippen molar-refractivity contribution in [3.05, 3.63) is 65.5 Å². The zero-order valence-electron chi connectivity index (χ0n) is 23.3. The fourth-order valence-electron chi connectivity index (χ4n) is 4.51. The lowest BCUT2D eigenvalue weighted by Crippen LogP contribution is -2.20. The number of carbonyl (C=O) groups is 1. The molecular weight excluding hydrogens is 577 g/mol. The second-order valence-corrected chi connectivity index (χ2v) is 10.9. The predicted molar refractivity (Wildman–Crippen MR) is 170 cm³/mol. The van der Waals surface area contributed by atoms with E-state index in [9.17, 15) is 9.18 Å². The van der Waals surface area contributed by atoms with E-state index in [1.54, 1.807) is 23.9 Å². The highest BCUT2D eigenvalue weighted by Crippen LogP contribution is 2.23. The maximum absolute atomic E-state index is 14.5. The van der Waals surface area contributed by atoms with Crippen molar-refractivity contribution in [1.82, 2.24) is 4.90 Å². The van der Waals surface area contributed by atoms with Crippen molar-refractivity contribution in [1.29, 1.82) is 0 Å². The maximum atomic E-state index is 14.5. The highest BCUT2D eigenvalue weighted by atomic mass is 79.9. The van der Waals surface area contributed by atoms with Crippen molar-refractivity contribution in [2.45, 2.75) is 90.5 Å². The molecule has 0 radical (unpaired) electrons. The van der Waals surface area contributed by atoms with Crippen LogP contribution in [-0.4, -0.2) is 23.4 Å². The molecule has 8 heteroatoms. The van der Waals surface area contributed by atoms with Gasteiger partial charge < -0.3 is 20.3 Å². The Bertz CT molecular complexity index is 1010. The number of rotatable bonds is 18. The largest absolute Gasteiger partial charge is 0.491 e. The Morgan fingerprint density at radius 1 is 0.897 bits per heavy atom. The summed E-state index contributed by atoms with van der Waals surface area (Å²) in [6.07, 6.45) is 17.4. The third-order valence-corrected chi connectivity index (χ3v) is 7.42. The molecule has 0 saturated carbocycles. The first-order chi connectivity index (χ1) is 18.6. The van der Waals surface area contributed by atoms with Crippen molar-refractivity contribution in [3.63, 3.8) is 0 Å². The Morgan fingerprint density at radius 3 is 2.15 bits per heavy atom. The number of carbonyl (C=O) groups excluding carboxylic acids is 1. The monoisotopic (exact) mass is 621 g/mol. The summed E-state index contributed by atoms with van der Waals surface area (Å²) in [5, 5.41) is 7.60. The lowest BCUT2D eigenvalue weighted by atomic mass is 10.1. The number of nitrogens with zero attached hydrogens (tertiary/aromatic N) is 1. The van der Waals surface area contributed by atoms with Crippen molar-refractivity contribution in [2.75, 3.05) is 23.1 Å². The Hall–Kier alpha value is -2.19. The molecule has 0 atom stereocenters. The van der Waals surface area contributed by atoms with Crippen LogP contribution in [0.4, 0.5) is 20.6 Å². The molecule has 0 bridgehead atoms. The zero-order valence-corrected chi connectivity index (χ0v) is 25.8.